The predicted octanol–water partition coefficient (Wildman–Crippen LogP) is 8.54. The lowest BCUT2D eigenvalue weighted by molar-refractivity contribution is 0.594. The van der Waals surface area contributed by atoms with Crippen molar-refractivity contribution in [1.29, 1.82) is 0 Å². The summed E-state index contributed by atoms with van der Waals surface area (Å²) in [4.78, 5) is 0. The van der Waals surface area contributed by atoms with E-state index in [0.717, 1.165) is 5.75 Å². The first-order chi connectivity index (χ1) is 13.8. The number of para-hydroxylation sites is 1. The first-order valence-electron chi connectivity index (χ1n) is 10.5. The third-order valence-electron chi connectivity index (χ3n) is 5.41. The molecule has 0 aliphatic rings. The Hall–Kier alpha value is -2.11. The Morgan fingerprint density at radius 1 is 0.690 bits per heavy atom. The summed E-state index contributed by atoms with van der Waals surface area (Å²) in [5.41, 5.74) is 10.1. The fourth-order valence-electron chi connectivity index (χ4n) is 4.32. The van der Waals surface area contributed by atoms with E-state index in [9.17, 15) is 0 Å². The Morgan fingerprint density at radius 3 is 1.86 bits per heavy atom. The van der Waals surface area contributed by atoms with Gasteiger partial charge in [-0.15, -0.1) is 0 Å². The molecule has 152 valence electrons. The van der Waals surface area contributed by atoms with Crippen LogP contribution in [-0.4, -0.2) is 11.3 Å². The average Bonchev–Trinajstić information content (AvgIpc) is 2.67. The van der Waals surface area contributed by atoms with Gasteiger partial charge in [0, 0.05) is 16.9 Å². The van der Waals surface area contributed by atoms with Crippen molar-refractivity contribution in [3.63, 3.8) is 0 Å². The van der Waals surface area contributed by atoms with Gasteiger partial charge in [0.2, 0.25) is 0 Å². The van der Waals surface area contributed by atoms with Crippen LogP contribution in [0.3, 0.4) is 0 Å². The molecule has 0 bridgehead atoms. The summed E-state index contributed by atoms with van der Waals surface area (Å²) >= 11 is 0. The highest BCUT2D eigenvalue weighted by Gasteiger charge is 2.23. The topological polar surface area (TPSA) is 9.23 Å². The highest BCUT2D eigenvalue weighted by atomic mass is 31.1. The van der Waals surface area contributed by atoms with Gasteiger partial charge in [-0.1, -0.05) is 82.3 Å². The van der Waals surface area contributed by atoms with Gasteiger partial charge >= 0.3 is 0 Å². The monoisotopic (exact) mass is 404 g/mol. The summed E-state index contributed by atoms with van der Waals surface area (Å²) in [5.74, 6) is 1.01. The van der Waals surface area contributed by atoms with E-state index < -0.39 is 8.15 Å². The number of benzene rings is 3. The molecule has 0 aliphatic heterocycles. The van der Waals surface area contributed by atoms with Gasteiger partial charge in [-0.2, -0.15) is 0 Å². The van der Waals surface area contributed by atoms with E-state index in [1.807, 2.05) is 0 Å². The lowest BCUT2D eigenvalue weighted by atomic mass is 9.86. The molecule has 0 fully saturated rings. The van der Waals surface area contributed by atoms with Crippen LogP contribution in [0, 0.1) is 20.8 Å². The summed E-state index contributed by atoms with van der Waals surface area (Å²) in [5, 5.41) is 0. The lowest BCUT2D eigenvalue weighted by Gasteiger charge is -2.27. The molecular weight excluding hydrogens is 371 g/mol. The maximum Gasteiger partial charge on any atom is 0.131 e. The van der Waals surface area contributed by atoms with Crippen molar-refractivity contribution in [2.24, 2.45) is 0 Å². The van der Waals surface area contributed by atoms with Crippen molar-refractivity contribution in [2.75, 3.05) is 0 Å². The van der Waals surface area contributed by atoms with E-state index in [1.165, 1.54) is 38.9 Å². The molecule has 0 saturated carbocycles. The smallest absolute Gasteiger partial charge is 0.131 e. The molecule has 0 unspecified atom stereocenters. The van der Waals surface area contributed by atoms with Gasteiger partial charge < -0.3 is 4.52 Å². The number of hydrogen-bond acceptors (Lipinski definition) is 1. The van der Waals surface area contributed by atoms with E-state index in [1.54, 1.807) is 0 Å². The van der Waals surface area contributed by atoms with Gasteiger partial charge in [-0.3, -0.25) is 0 Å². The molecule has 1 nitrogen and oxygen atoms in total. The molecule has 0 saturated heterocycles. The molecule has 2 heteroatoms. The van der Waals surface area contributed by atoms with Crippen molar-refractivity contribution in [3.8, 4) is 28.0 Å². The molecule has 0 N–H and O–H groups in total. The second kappa shape index (κ2) is 9.14. The highest BCUT2D eigenvalue weighted by Crippen LogP contribution is 2.50. The third-order valence-corrected chi connectivity index (χ3v) is 7.86. The van der Waals surface area contributed by atoms with Crippen LogP contribution >= 0.6 is 8.15 Å². The molecule has 29 heavy (non-hydrogen) atoms. The Kier molecular flexibility index (Phi) is 6.81. The van der Waals surface area contributed by atoms with Gasteiger partial charge in [0.15, 0.2) is 0 Å². The maximum atomic E-state index is 6.67. The van der Waals surface area contributed by atoms with E-state index in [0.29, 0.717) is 11.3 Å². The molecule has 3 aromatic rings. The first-order valence-corrected chi connectivity index (χ1v) is 11.9. The normalized spacial score (nSPS) is 11.5. The minimum atomic E-state index is -0.538. The van der Waals surface area contributed by atoms with Crippen LogP contribution in [0.15, 0.2) is 60.7 Å². The fraction of sp³-hybridized carbons (Fsp3) is 0.333. The lowest BCUT2D eigenvalue weighted by Crippen LogP contribution is -2.09. The van der Waals surface area contributed by atoms with Crippen molar-refractivity contribution in [3.05, 3.63) is 77.4 Å². The largest absolute Gasteiger partial charge is 0.473 e. The zero-order chi connectivity index (χ0) is 21.1. The molecule has 3 rings (SSSR count). The first kappa shape index (κ1) is 21.6. The van der Waals surface area contributed by atoms with Crippen molar-refractivity contribution in [1.82, 2.24) is 0 Å². The minimum absolute atomic E-state index is 0.526. The van der Waals surface area contributed by atoms with Crippen LogP contribution in [0.4, 0.5) is 0 Å². The SMILES string of the molecule is Cc1cc(C)c(-c2ccccc2OP(C(C)C)C(C)C)c(C)c1-c1ccccc1. The van der Waals surface area contributed by atoms with E-state index in [2.05, 4.69) is 109 Å². The van der Waals surface area contributed by atoms with E-state index >= 15 is 0 Å². The Morgan fingerprint density at radius 2 is 1.24 bits per heavy atom. The van der Waals surface area contributed by atoms with Crippen LogP contribution in [0.25, 0.3) is 22.3 Å². The molecule has 0 amide bonds. The quantitative estimate of drug-likeness (QED) is 0.374. The highest BCUT2D eigenvalue weighted by molar-refractivity contribution is 7.54. The predicted molar refractivity (Wildman–Crippen MR) is 129 cm³/mol. The van der Waals surface area contributed by atoms with E-state index in [-0.39, 0.29) is 0 Å². The summed E-state index contributed by atoms with van der Waals surface area (Å²) in [6.07, 6.45) is 0. The molecule has 3 aromatic carbocycles. The number of hydrogen-bond donors (Lipinski definition) is 0. The molecular formula is C27H33OP. The van der Waals surface area contributed by atoms with Crippen molar-refractivity contribution in [2.45, 2.75) is 59.8 Å². The van der Waals surface area contributed by atoms with Crippen LogP contribution in [0.1, 0.15) is 44.4 Å². The Bertz CT molecular complexity index is 965. The molecule has 0 spiro atoms. The minimum Gasteiger partial charge on any atom is -0.473 e. The van der Waals surface area contributed by atoms with Gasteiger partial charge in [0.25, 0.3) is 0 Å². The van der Waals surface area contributed by atoms with Crippen LogP contribution in [0.5, 0.6) is 5.75 Å². The molecule has 0 aromatic heterocycles. The maximum absolute atomic E-state index is 6.67. The van der Waals surface area contributed by atoms with Gasteiger partial charge in [0.1, 0.15) is 5.75 Å². The average molecular weight is 405 g/mol. The summed E-state index contributed by atoms with van der Waals surface area (Å²) in [6, 6.07) is 21.6. The Balaban J connectivity index is 2.18. The molecule has 0 heterocycles. The summed E-state index contributed by atoms with van der Waals surface area (Å²) in [7, 11) is -0.538. The second-order valence-corrected chi connectivity index (χ2v) is 11.4. The van der Waals surface area contributed by atoms with Gasteiger partial charge in [0.05, 0.1) is 8.15 Å². The van der Waals surface area contributed by atoms with Gasteiger partial charge in [-0.25, -0.2) is 0 Å². The zero-order valence-electron chi connectivity index (χ0n) is 18.8. The summed E-state index contributed by atoms with van der Waals surface area (Å²) < 4.78 is 6.67. The molecule has 0 aliphatic carbocycles. The second-order valence-electron chi connectivity index (χ2n) is 8.39. The number of aryl methyl sites for hydroxylation is 2. The van der Waals surface area contributed by atoms with Crippen LogP contribution < -0.4 is 4.52 Å². The van der Waals surface area contributed by atoms with Crippen molar-refractivity contribution >= 4 is 8.15 Å². The molecule has 0 radical (unpaired) electrons. The van der Waals surface area contributed by atoms with Gasteiger partial charge in [-0.05, 0) is 60.2 Å². The zero-order valence-corrected chi connectivity index (χ0v) is 19.7. The van der Waals surface area contributed by atoms with E-state index in [4.69, 9.17) is 4.52 Å². The number of rotatable bonds is 6. The van der Waals surface area contributed by atoms with Crippen LogP contribution in [-0.2, 0) is 0 Å². The van der Waals surface area contributed by atoms with Crippen molar-refractivity contribution < 1.29 is 4.52 Å². The fourth-order valence-corrected chi connectivity index (χ4v) is 6.32. The molecule has 0 atom stereocenters. The third kappa shape index (κ3) is 4.57. The Labute approximate surface area is 178 Å². The standard InChI is InChI=1S/C27H33OP/c1-18(2)29(19(3)4)28-25-16-12-11-15-24(25)27-21(6)17-20(5)26(22(27)7)23-13-9-8-10-14-23/h8-19H,1-7H3. The van der Waals surface area contributed by atoms with Crippen LogP contribution in [0.2, 0.25) is 0 Å². The summed E-state index contributed by atoms with van der Waals surface area (Å²) in [6.45, 7) is 15.8.